The van der Waals surface area contributed by atoms with Gasteiger partial charge in [-0.05, 0) is 24.2 Å². The Morgan fingerprint density at radius 1 is 1.41 bits per heavy atom. The van der Waals surface area contributed by atoms with E-state index in [9.17, 15) is 4.79 Å². The van der Waals surface area contributed by atoms with Crippen LogP contribution in [0.5, 0.6) is 0 Å². The zero-order valence-corrected chi connectivity index (χ0v) is 11.3. The van der Waals surface area contributed by atoms with E-state index in [0.717, 1.165) is 32.6 Å². The van der Waals surface area contributed by atoms with Crippen molar-refractivity contribution in [2.24, 2.45) is 17.1 Å². The second kappa shape index (κ2) is 6.36. The highest BCUT2D eigenvalue weighted by atomic mass is 16.5. The van der Waals surface area contributed by atoms with Crippen LogP contribution in [0.4, 0.5) is 0 Å². The highest BCUT2D eigenvalue weighted by Gasteiger charge is 2.27. The van der Waals surface area contributed by atoms with E-state index in [-0.39, 0.29) is 17.4 Å². The molecule has 0 radical (unpaired) electrons. The molecule has 0 aromatic carbocycles. The number of hydrogen-bond donors (Lipinski definition) is 2. The smallest absolute Gasteiger partial charge is 0.221 e. The third-order valence-electron chi connectivity index (χ3n) is 3.69. The molecule has 4 nitrogen and oxygen atoms in total. The Morgan fingerprint density at radius 2 is 2.00 bits per heavy atom. The zero-order valence-electron chi connectivity index (χ0n) is 11.3. The molecule has 1 fully saturated rings. The number of rotatable bonds is 5. The Kier molecular flexibility index (Phi) is 5.40. The molecule has 1 unspecified atom stereocenters. The molecule has 0 bridgehead atoms. The molecule has 0 aliphatic carbocycles. The quantitative estimate of drug-likeness (QED) is 0.763. The lowest BCUT2D eigenvalue weighted by Gasteiger charge is -2.33. The van der Waals surface area contributed by atoms with Crippen molar-refractivity contribution in [1.29, 1.82) is 0 Å². The SMILES string of the molecule is CC(C)C(N)CC(=O)NCC1(C)CCOCC1. The van der Waals surface area contributed by atoms with Gasteiger partial charge in [-0.15, -0.1) is 0 Å². The zero-order chi connectivity index (χ0) is 12.9. The van der Waals surface area contributed by atoms with Crippen molar-refractivity contribution in [1.82, 2.24) is 5.32 Å². The molecule has 1 rings (SSSR count). The lowest BCUT2D eigenvalue weighted by molar-refractivity contribution is -0.122. The number of amides is 1. The van der Waals surface area contributed by atoms with Gasteiger partial charge in [0.15, 0.2) is 0 Å². The molecule has 100 valence electrons. The molecule has 17 heavy (non-hydrogen) atoms. The molecular formula is C13H26N2O2. The van der Waals surface area contributed by atoms with Crippen LogP contribution in [0.15, 0.2) is 0 Å². The fourth-order valence-electron chi connectivity index (χ4n) is 1.87. The van der Waals surface area contributed by atoms with Crippen molar-refractivity contribution in [2.75, 3.05) is 19.8 Å². The monoisotopic (exact) mass is 242 g/mol. The summed E-state index contributed by atoms with van der Waals surface area (Å²) in [5, 5.41) is 3.00. The largest absolute Gasteiger partial charge is 0.381 e. The van der Waals surface area contributed by atoms with Gasteiger partial charge < -0.3 is 15.8 Å². The van der Waals surface area contributed by atoms with Crippen LogP contribution >= 0.6 is 0 Å². The normalized spacial score (nSPS) is 21.2. The summed E-state index contributed by atoms with van der Waals surface area (Å²) in [6, 6.07) is -0.0440. The maximum absolute atomic E-state index is 11.7. The third-order valence-corrected chi connectivity index (χ3v) is 3.69. The first-order chi connectivity index (χ1) is 7.93. The molecule has 1 saturated heterocycles. The summed E-state index contributed by atoms with van der Waals surface area (Å²) < 4.78 is 5.34. The first-order valence-electron chi connectivity index (χ1n) is 6.53. The predicted molar refractivity (Wildman–Crippen MR) is 68.6 cm³/mol. The van der Waals surface area contributed by atoms with Gasteiger partial charge in [0.1, 0.15) is 0 Å². The summed E-state index contributed by atoms with van der Waals surface area (Å²) in [5.41, 5.74) is 6.07. The van der Waals surface area contributed by atoms with Gasteiger partial charge in [-0.1, -0.05) is 20.8 Å². The standard InChI is InChI=1S/C13H26N2O2/c1-10(2)11(14)8-12(16)15-9-13(3)4-6-17-7-5-13/h10-11H,4-9,14H2,1-3H3,(H,15,16). The van der Waals surface area contributed by atoms with Gasteiger partial charge in [0.25, 0.3) is 0 Å². The molecule has 0 spiro atoms. The van der Waals surface area contributed by atoms with Gasteiger partial charge in [0.2, 0.25) is 5.91 Å². The average molecular weight is 242 g/mol. The Morgan fingerprint density at radius 3 is 2.53 bits per heavy atom. The Bertz CT molecular complexity index is 248. The lowest BCUT2D eigenvalue weighted by Crippen LogP contribution is -2.41. The highest BCUT2D eigenvalue weighted by molar-refractivity contribution is 5.76. The van der Waals surface area contributed by atoms with Gasteiger partial charge in [0.05, 0.1) is 0 Å². The van der Waals surface area contributed by atoms with Gasteiger partial charge >= 0.3 is 0 Å². The van der Waals surface area contributed by atoms with Crippen LogP contribution in [0, 0.1) is 11.3 Å². The van der Waals surface area contributed by atoms with Crippen molar-refractivity contribution >= 4 is 5.91 Å². The summed E-state index contributed by atoms with van der Waals surface area (Å²) in [7, 11) is 0. The second-order valence-corrected chi connectivity index (χ2v) is 5.81. The van der Waals surface area contributed by atoms with E-state index < -0.39 is 0 Å². The van der Waals surface area contributed by atoms with E-state index in [4.69, 9.17) is 10.5 Å². The van der Waals surface area contributed by atoms with E-state index >= 15 is 0 Å². The first-order valence-corrected chi connectivity index (χ1v) is 6.53. The van der Waals surface area contributed by atoms with Gasteiger partial charge in [0, 0.05) is 32.2 Å². The maximum Gasteiger partial charge on any atom is 0.221 e. The average Bonchev–Trinajstić information content (AvgIpc) is 2.27. The van der Waals surface area contributed by atoms with Crippen LogP contribution < -0.4 is 11.1 Å². The van der Waals surface area contributed by atoms with Crippen LogP contribution in [-0.4, -0.2) is 31.7 Å². The maximum atomic E-state index is 11.7. The number of nitrogens with one attached hydrogen (secondary N) is 1. The molecule has 0 aromatic rings. The van der Waals surface area contributed by atoms with Gasteiger partial charge in [-0.25, -0.2) is 0 Å². The summed E-state index contributed by atoms with van der Waals surface area (Å²) >= 11 is 0. The molecule has 0 aromatic heterocycles. The van der Waals surface area contributed by atoms with Gasteiger partial charge in [-0.3, -0.25) is 4.79 Å². The van der Waals surface area contributed by atoms with E-state index in [1.54, 1.807) is 0 Å². The van der Waals surface area contributed by atoms with E-state index in [0.29, 0.717) is 12.3 Å². The molecule has 1 heterocycles. The van der Waals surface area contributed by atoms with Gasteiger partial charge in [-0.2, -0.15) is 0 Å². The first kappa shape index (κ1) is 14.5. The van der Waals surface area contributed by atoms with Crippen LogP contribution in [0.3, 0.4) is 0 Å². The lowest BCUT2D eigenvalue weighted by atomic mass is 9.82. The van der Waals surface area contributed by atoms with Crippen molar-refractivity contribution in [3.63, 3.8) is 0 Å². The molecule has 0 saturated carbocycles. The Labute approximate surface area is 104 Å². The van der Waals surface area contributed by atoms with E-state index in [1.807, 2.05) is 13.8 Å². The topological polar surface area (TPSA) is 64.4 Å². The summed E-state index contributed by atoms with van der Waals surface area (Å²) in [6.45, 7) is 8.63. The molecule has 1 aliphatic rings. The number of nitrogens with two attached hydrogens (primary N) is 1. The molecule has 4 heteroatoms. The fraction of sp³-hybridized carbons (Fsp3) is 0.923. The number of ether oxygens (including phenoxy) is 1. The Balaban J connectivity index is 2.27. The van der Waals surface area contributed by atoms with Crippen LogP contribution in [-0.2, 0) is 9.53 Å². The number of carbonyl (C=O) groups is 1. The summed E-state index contributed by atoms with van der Waals surface area (Å²) in [4.78, 5) is 11.7. The molecule has 1 atom stereocenters. The van der Waals surface area contributed by atoms with Crippen molar-refractivity contribution in [3.05, 3.63) is 0 Å². The van der Waals surface area contributed by atoms with Crippen LogP contribution in [0.25, 0.3) is 0 Å². The molecule has 1 amide bonds. The summed E-state index contributed by atoms with van der Waals surface area (Å²) in [6.07, 6.45) is 2.46. The second-order valence-electron chi connectivity index (χ2n) is 5.81. The minimum Gasteiger partial charge on any atom is -0.381 e. The van der Waals surface area contributed by atoms with Crippen molar-refractivity contribution < 1.29 is 9.53 Å². The van der Waals surface area contributed by atoms with Crippen molar-refractivity contribution in [3.8, 4) is 0 Å². The van der Waals surface area contributed by atoms with E-state index in [2.05, 4.69) is 12.2 Å². The number of hydrogen-bond acceptors (Lipinski definition) is 3. The fourth-order valence-corrected chi connectivity index (χ4v) is 1.87. The van der Waals surface area contributed by atoms with Crippen molar-refractivity contribution in [2.45, 2.75) is 46.1 Å². The predicted octanol–water partition coefficient (Wildman–Crippen LogP) is 1.29. The van der Waals surface area contributed by atoms with Crippen LogP contribution in [0.1, 0.15) is 40.0 Å². The molecule has 1 aliphatic heterocycles. The Hall–Kier alpha value is -0.610. The number of carbonyl (C=O) groups excluding carboxylic acids is 1. The molecular weight excluding hydrogens is 216 g/mol. The summed E-state index contributed by atoms with van der Waals surface area (Å²) in [5.74, 6) is 0.415. The molecule has 3 N–H and O–H groups in total. The van der Waals surface area contributed by atoms with Crippen LogP contribution in [0.2, 0.25) is 0 Å². The van der Waals surface area contributed by atoms with E-state index in [1.165, 1.54) is 0 Å². The highest BCUT2D eigenvalue weighted by Crippen LogP contribution is 2.28. The third kappa shape index (κ3) is 5.04. The minimum absolute atomic E-state index is 0.0440. The minimum atomic E-state index is -0.0440.